The van der Waals surface area contributed by atoms with Crippen molar-refractivity contribution in [2.24, 2.45) is 0 Å². The molecule has 0 bridgehead atoms. The number of benzene rings is 1. The summed E-state index contributed by atoms with van der Waals surface area (Å²) in [5.41, 5.74) is 1.91. The van der Waals surface area contributed by atoms with Crippen LogP contribution < -0.4 is 20.1 Å². The standard InChI is InChI=1S/C18H20N2O4S/c21-17(20-14-1-2-15-16(9-14)24-12-23-15)19-11-18(4-6-22-7-5-18)13-3-8-25-10-13/h1-3,8-10H,4-7,11-12H2,(H2,19,20,21). The Morgan fingerprint density at radius 2 is 2.00 bits per heavy atom. The number of fused-ring (bicyclic) bond motifs is 1. The number of urea groups is 1. The van der Waals surface area contributed by atoms with Crippen LogP contribution in [0.15, 0.2) is 35.0 Å². The summed E-state index contributed by atoms with van der Waals surface area (Å²) >= 11 is 1.69. The van der Waals surface area contributed by atoms with E-state index < -0.39 is 0 Å². The molecule has 6 nitrogen and oxygen atoms in total. The predicted octanol–water partition coefficient (Wildman–Crippen LogP) is 3.35. The van der Waals surface area contributed by atoms with Gasteiger partial charge in [0.1, 0.15) is 0 Å². The van der Waals surface area contributed by atoms with Crippen molar-refractivity contribution in [2.45, 2.75) is 18.3 Å². The first-order valence-electron chi connectivity index (χ1n) is 8.30. The number of thiophene rings is 1. The van der Waals surface area contributed by atoms with Gasteiger partial charge in [-0.3, -0.25) is 0 Å². The fourth-order valence-electron chi connectivity index (χ4n) is 3.29. The minimum Gasteiger partial charge on any atom is -0.454 e. The van der Waals surface area contributed by atoms with Crippen molar-refractivity contribution in [1.82, 2.24) is 5.32 Å². The number of amides is 2. The molecule has 1 aromatic heterocycles. The first-order valence-corrected chi connectivity index (χ1v) is 9.24. The summed E-state index contributed by atoms with van der Waals surface area (Å²) in [6.45, 7) is 2.25. The van der Waals surface area contributed by atoms with Gasteiger partial charge in [-0.1, -0.05) is 0 Å². The van der Waals surface area contributed by atoms with Crippen LogP contribution in [0.5, 0.6) is 11.5 Å². The number of hydrogen-bond donors (Lipinski definition) is 2. The predicted molar refractivity (Wildman–Crippen MR) is 95.6 cm³/mol. The van der Waals surface area contributed by atoms with Crippen LogP contribution in [0.2, 0.25) is 0 Å². The maximum Gasteiger partial charge on any atom is 0.319 e. The Morgan fingerprint density at radius 1 is 1.16 bits per heavy atom. The second-order valence-corrected chi connectivity index (χ2v) is 7.06. The smallest absolute Gasteiger partial charge is 0.319 e. The van der Waals surface area contributed by atoms with E-state index in [1.165, 1.54) is 5.56 Å². The van der Waals surface area contributed by atoms with Crippen molar-refractivity contribution in [1.29, 1.82) is 0 Å². The van der Waals surface area contributed by atoms with Crippen LogP contribution >= 0.6 is 11.3 Å². The van der Waals surface area contributed by atoms with E-state index in [2.05, 4.69) is 27.5 Å². The van der Waals surface area contributed by atoms with Crippen LogP contribution in [0.1, 0.15) is 18.4 Å². The highest BCUT2D eigenvalue weighted by Crippen LogP contribution is 2.36. The summed E-state index contributed by atoms with van der Waals surface area (Å²) in [7, 11) is 0. The molecule has 0 unspecified atom stereocenters. The molecule has 0 radical (unpaired) electrons. The van der Waals surface area contributed by atoms with E-state index in [1.54, 1.807) is 29.5 Å². The minimum absolute atomic E-state index is 0.0511. The Hall–Kier alpha value is -2.25. The van der Waals surface area contributed by atoms with Crippen LogP contribution in [0.25, 0.3) is 0 Å². The monoisotopic (exact) mass is 360 g/mol. The lowest BCUT2D eigenvalue weighted by atomic mass is 9.75. The second-order valence-electron chi connectivity index (χ2n) is 6.28. The van der Waals surface area contributed by atoms with Gasteiger partial charge < -0.3 is 24.8 Å². The minimum atomic E-state index is -0.222. The molecule has 4 rings (SSSR count). The highest BCUT2D eigenvalue weighted by Gasteiger charge is 2.35. The Labute approximate surface area is 150 Å². The van der Waals surface area contributed by atoms with Crippen molar-refractivity contribution < 1.29 is 19.0 Å². The Bertz CT molecular complexity index is 742. The molecule has 3 heterocycles. The van der Waals surface area contributed by atoms with Gasteiger partial charge in [0.25, 0.3) is 0 Å². The molecule has 2 aliphatic rings. The average Bonchev–Trinajstić information content (AvgIpc) is 3.32. The van der Waals surface area contributed by atoms with E-state index in [0.29, 0.717) is 23.7 Å². The average molecular weight is 360 g/mol. The zero-order valence-electron chi connectivity index (χ0n) is 13.7. The zero-order chi connectivity index (χ0) is 17.1. The van der Waals surface area contributed by atoms with Crippen molar-refractivity contribution in [3.05, 3.63) is 40.6 Å². The van der Waals surface area contributed by atoms with Gasteiger partial charge in [-0.15, -0.1) is 0 Å². The molecule has 2 amide bonds. The molecule has 1 saturated heterocycles. The molecule has 1 fully saturated rings. The van der Waals surface area contributed by atoms with Crippen molar-refractivity contribution in [3.63, 3.8) is 0 Å². The fourth-order valence-corrected chi connectivity index (χ4v) is 4.07. The van der Waals surface area contributed by atoms with Gasteiger partial charge >= 0.3 is 6.03 Å². The van der Waals surface area contributed by atoms with Gasteiger partial charge in [0, 0.05) is 36.9 Å². The first kappa shape index (κ1) is 16.2. The summed E-state index contributed by atoms with van der Waals surface area (Å²) < 4.78 is 16.1. The molecule has 0 spiro atoms. The molecule has 1 aromatic carbocycles. The van der Waals surface area contributed by atoms with Gasteiger partial charge in [-0.2, -0.15) is 11.3 Å². The van der Waals surface area contributed by atoms with E-state index in [4.69, 9.17) is 14.2 Å². The van der Waals surface area contributed by atoms with Gasteiger partial charge in [0.2, 0.25) is 6.79 Å². The van der Waals surface area contributed by atoms with Crippen LogP contribution in [-0.2, 0) is 10.2 Å². The fraction of sp³-hybridized carbons (Fsp3) is 0.389. The van der Waals surface area contributed by atoms with Crippen molar-refractivity contribution in [2.75, 3.05) is 31.9 Å². The van der Waals surface area contributed by atoms with Gasteiger partial charge in [-0.05, 0) is 47.4 Å². The lowest BCUT2D eigenvalue weighted by Crippen LogP contribution is -2.45. The van der Waals surface area contributed by atoms with E-state index in [-0.39, 0.29) is 18.2 Å². The summed E-state index contributed by atoms with van der Waals surface area (Å²) in [5, 5.41) is 10.1. The van der Waals surface area contributed by atoms with E-state index in [1.807, 2.05) is 0 Å². The summed E-state index contributed by atoms with van der Waals surface area (Å²) in [5.74, 6) is 1.35. The highest BCUT2D eigenvalue weighted by molar-refractivity contribution is 7.08. The van der Waals surface area contributed by atoms with E-state index in [0.717, 1.165) is 26.1 Å². The molecule has 7 heteroatoms. The van der Waals surface area contributed by atoms with Crippen LogP contribution in [0, 0.1) is 0 Å². The highest BCUT2D eigenvalue weighted by atomic mass is 32.1. The number of nitrogens with one attached hydrogen (secondary N) is 2. The number of anilines is 1. The van der Waals surface area contributed by atoms with Crippen LogP contribution in [-0.4, -0.2) is 32.6 Å². The third-order valence-corrected chi connectivity index (χ3v) is 5.48. The first-order chi connectivity index (χ1) is 12.3. The second kappa shape index (κ2) is 6.93. The van der Waals surface area contributed by atoms with Crippen LogP contribution in [0.3, 0.4) is 0 Å². The van der Waals surface area contributed by atoms with Crippen molar-refractivity contribution >= 4 is 23.1 Å². The zero-order valence-corrected chi connectivity index (χ0v) is 14.6. The van der Waals surface area contributed by atoms with Gasteiger partial charge in [0.05, 0.1) is 0 Å². The third-order valence-electron chi connectivity index (χ3n) is 4.80. The number of carbonyl (C=O) groups excluding carboxylic acids is 1. The summed E-state index contributed by atoms with van der Waals surface area (Å²) in [4.78, 5) is 12.3. The molecule has 0 atom stereocenters. The normalized spacial score (nSPS) is 17.9. The number of hydrogen-bond acceptors (Lipinski definition) is 5. The molecular weight excluding hydrogens is 340 g/mol. The number of rotatable bonds is 4. The SMILES string of the molecule is O=C(NCC1(c2ccsc2)CCOCC1)Nc1ccc2c(c1)OCO2. The van der Waals surface area contributed by atoms with E-state index >= 15 is 0 Å². The Balaban J connectivity index is 1.40. The maximum absolute atomic E-state index is 12.3. The summed E-state index contributed by atoms with van der Waals surface area (Å²) in [6.07, 6.45) is 1.82. The quantitative estimate of drug-likeness (QED) is 0.877. The lowest BCUT2D eigenvalue weighted by molar-refractivity contribution is 0.0510. The summed E-state index contributed by atoms with van der Waals surface area (Å²) in [6, 6.07) is 7.29. The van der Waals surface area contributed by atoms with Gasteiger partial charge in [-0.25, -0.2) is 4.79 Å². The molecule has 0 saturated carbocycles. The number of carbonyl (C=O) groups is 1. The molecule has 2 aromatic rings. The molecular formula is C18H20N2O4S. The molecule has 0 aliphatic carbocycles. The van der Waals surface area contributed by atoms with Crippen molar-refractivity contribution in [3.8, 4) is 11.5 Å². The molecule has 132 valence electrons. The largest absolute Gasteiger partial charge is 0.454 e. The molecule has 2 N–H and O–H groups in total. The Kier molecular flexibility index (Phi) is 4.50. The van der Waals surface area contributed by atoms with Crippen LogP contribution in [0.4, 0.5) is 10.5 Å². The maximum atomic E-state index is 12.3. The molecule has 2 aliphatic heterocycles. The Morgan fingerprint density at radius 3 is 2.80 bits per heavy atom. The third kappa shape index (κ3) is 3.43. The lowest BCUT2D eigenvalue weighted by Gasteiger charge is -2.37. The number of ether oxygens (including phenoxy) is 3. The van der Waals surface area contributed by atoms with E-state index in [9.17, 15) is 4.79 Å². The molecule has 25 heavy (non-hydrogen) atoms. The topological polar surface area (TPSA) is 68.8 Å². The van der Waals surface area contributed by atoms with Gasteiger partial charge in [0.15, 0.2) is 11.5 Å².